The fourth-order valence-corrected chi connectivity index (χ4v) is 1.44. The molecule has 0 saturated carbocycles. The topological polar surface area (TPSA) is 82.8 Å². The summed E-state index contributed by atoms with van der Waals surface area (Å²) >= 11 is 0. The summed E-state index contributed by atoms with van der Waals surface area (Å²) in [6.45, 7) is 2.59. The van der Waals surface area contributed by atoms with Gasteiger partial charge in [-0.25, -0.2) is 5.84 Å². The molecule has 0 spiro atoms. The molecule has 3 N–H and O–H groups in total. The van der Waals surface area contributed by atoms with Crippen molar-refractivity contribution in [2.24, 2.45) is 5.84 Å². The van der Waals surface area contributed by atoms with Crippen LogP contribution in [0.5, 0.6) is 0 Å². The number of methoxy groups -OCH3 is 1. The highest BCUT2D eigenvalue weighted by Crippen LogP contribution is 2.06. The van der Waals surface area contributed by atoms with E-state index >= 15 is 0 Å². The highest BCUT2D eigenvalue weighted by atomic mass is 16.5. The Kier molecular flexibility index (Phi) is 7.76. The average Bonchev–Trinajstić information content (AvgIpc) is 2.46. The Labute approximate surface area is 112 Å². The first kappa shape index (κ1) is 15.6. The molecule has 0 aliphatic carbocycles. The Morgan fingerprint density at radius 1 is 1.21 bits per heavy atom. The second kappa shape index (κ2) is 9.46. The van der Waals surface area contributed by atoms with Crippen molar-refractivity contribution in [1.29, 1.82) is 0 Å². The first-order valence-electron chi connectivity index (χ1n) is 6.02. The number of nitrogens with two attached hydrogens (primary N) is 1. The van der Waals surface area contributed by atoms with Gasteiger partial charge in [0.15, 0.2) is 0 Å². The van der Waals surface area contributed by atoms with Crippen molar-refractivity contribution < 1.29 is 19.0 Å². The Morgan fingerprint density at radius 3 is 2.68 bits per heavy atom. The van der Waals surface area contributed by atoms with Gasteiger partial charge in [-0.2, -0.15) is 0 Å². The number of rotatable bonds is 9. The molecular weight excluding hydrogens is 248 g/mol. The third kappa shape index (κ3) is 6.30. The van der Waals surface area contributed by atoms with Gasteiger partial charge >= 0.3 is 0 Å². The molecule has 0 heterocycles. The molecule has 1 rings (SSSR count). The van der Waals surface area contributed by atoms with Crippen LogP contribution in [0.4, 0.5) is 0 Å². The van der Waals surface area contributed by atoms with Crippen molar-refractivity contribution in [2.75, 3.05) is 33.5 Å². The van der Waals surface area contributed by atoms with E-state index in [1.807, 2.05) is 6.07 Å². The highest BCUT2D eigenvalue weighted by Gasteiger charge is 2.03. The van der Waals surface area contributed by atoms with Crippen molar-refractivity contribution in [3.63, 3.8) is 0 Å². The monoisotopic (exact) mass is 268 g/mol. The maximum Gasteiger partial charge on any atom is 0.265 e. The standard InChI is InChI=1S/C13H20N2O4/c1-17-5-6-18-7-8-19-10-11-3-2-4-12(9-11)13(16)15-14/h2-4,9H,5-8,10,14H2,1H3,(H,15,16). The third-order valence-corrected chi connectivity index (χ3v) is 2.39. The highest BCUT2D eigenvalue weighted by molar-refractivity contribution is 5.93. The van der Waals surface area contributed by atoms with Gasteiger partial charge in [-0.05, 0) is 17.7 Å². The molecule has 106 valence electrons. The predicted octanol–water partition coefficient (Wildman–Crippen LogP) is 0.470. The number of amides is 1. The Balaban J connectivity index is 2.24. The van der Waals surface area contributed by atoms with Crippen LogP contribution in [0.3, 0.4) is 0 Å². The molecule has 19 heavy (non-hydrogen) atoms. The lowest BCUT2D eigenvalue weighted by atomic mass is 10.1. The van der Waals surface area contributed by atoms with E-state index in [1.54, 1.807) is 25.3 Å². The van der Waals surface area contributed by atoms with Crippen molar-refractivity contribution in [3.05, 3.63) is 35.4 Å². The van der Waals surface area contributed by atoms with E-state index in [9.17, 15) is 4.79 Å². The molecule has 0 saturated heterocycles. The first-order valence-corrected chi connectivity index (χ1v) is 6.02. The lowest BCUT2D eigenvalue weighted by Crippen LogP contribution is -2.30. The minimum atomic E-state index is -0.315. The second-order valence-corrected chi connectivity index (χ2v) is 3.83. The van der Waals surface area contributed by atoms with Gasteiger partial charge in [0.25, 0.3) is 5.91 Å². The Morgan fingerprint density at radius 2 is 1.95 bits per heavy atom. The largest absolute Gasteiger partial charge is 0.382 e. The molecule has 6 nitrogen and oxygen atoms in total. The summed E-state index contributed by atoms with van der Waals surface area (Å²) in [7, 11) is 1.63. The van der Waals surface area contributed by atoms with Crippen molar-refractivity contribution in [2.45, 2.75) is 6.61 Å². The number of benzene rings is 1. The summed E-state index contributed by atoms with van der Waals surface area (Å²) < 4.78 is 15.6. The minimum absolute atomic E-state index is 0.315. The van der Waals surface area contributed by atoms with E-state index in [4.69, 9.17) is 20.1 Å². The summed E-state index contributed by atoms with van der Waals surface area (Å²) in [4.78, 5) is 11.3. The number of hydrogen-bond donors (Lipinski definition) is 2. The number of ether oxygens (including phenoxy) is 3. The summed E-state index contributed by atoms with van der Waals surface area (Å²) in [5, 5.41) is 0. The smallest absolute Gasteiger partial charge is 0.265 e. The molecule has 0 bridgehead atoms. The fourth-order valence-electron chi connectivity index (χ4n) is 1.44. The number of carbonyl (C=O) groups excluding carboxylic acids is 1. The molecule has 0 aliphatic heterocycles. The molecular formula is C13H20N2O4. The van der Waals surface area contributed by atoms with Crippen LogP contribution in [0.1, 0.15) is 15.9 Å². The lowest BCUT2D eigenvalue weighted by Gasteiger charge is -2.07. The van der Waals surface area contributed by atoms with Crippen LogP contribution < -0.4 is 11.3 Å². The van der Waals surface area contributed by atoms with E-state index in [-0.39, 0.29) is 5.91 Å². The van der Waals surface area contributed by atoms with Crippen molar-refractivity contribution in [3.8, 4) is 0 Å². The molecule has 0 aliphatic rings. The van der Waals surface area contributed by atoms with E-state index in [1.165, 1.54) is 0 Å². The third-order valence-electron chi connectivity index (χ3n) is 2.39. The van der Waals surface area contributed by atoms with Crippen LogP contribution >= 0.6 is 0 Å². The maximum absolute atomic E-state index is 11.3. The van der Waals surface area contributed by atoms with E-state index in [0.29, 0.717) is 38.6 Å². The average molecular weight is 268 g/mol. The zero-order valence-electron chi connectivity index (χ0n) is 11.1. The molecule has 0 fully saturated rings. The number of hydrazine groups is 1. The van der Waals surface area contributed by atoms with Crippen LogP contribution in [0, 0.1) is 0 Å². The fraction of sp³-hybridized carbons (Fsp3) is 0.462. The van der Waals surface area contributed by atoms with Crippen LogP contribution in [-0.4, -0.2) is 39.4 Å². The molecule has 1 amide bonds. The molecule has 0 aromatic heterocycles. The van der Waals surface area contributed by atoms with Gasteiger partial charge in [-0.1, -0.05) is 12.1 Å². The number of hydrogen-bond acceptors (Lipinski definition) is 5. The zero-order chi connectivity index (χ0) is 13.9. The second-order valence-electron chi connectivity index (χ2n) is 3.83. The van der Waals surface area contributed by atoms with Gasteiger partial charge in [0.2, 0.25) is 0 Å². The van der Waals surface area contributed by atoms with E-state index < -0.39 is 0 Å². The molecule has 0 unspecified atom stereocenters. The normalized spacial score (nSPS) is 10.4. The van der Waals surface area contributed by atoms with Gasteiger partial charge in [-0.15, -0.1) is 0 Å². The predicted molar refractivity (Wildman–Crippen MR) is 70.4 cm³/mol. The molecule has 0 radical (unpaired) electrons. The summed E-state index contributed by atoms with van der Waals surface area (Å²) in [6, 6.07) is 7.12. The Bertz CT molecular complexity index is 385. The first-order chi connectivity index (χ1) is 9.27. The van der Waals surface area contributed by atoms with Gasteiger partial charge < -0.3 is 14.2 Å². The van der Waals surface area contributed by atoms with Gasteiger partial charge in [0.1, 0.15) is 0 Å². The van der Waals surface area contributed by atoms with Gasteiger partial charge in [0.05, 0.1) is 33.0 Å². The number of carbonyl (C=O) groups is 1. The molecule has 1 aromatic carbocycles. The quantitative estimate of drug-likeness (QED) is 0.294. The van der Waals surface area contributed by atoms with Crippen molar-refractivity contribution in [1.82, 2.24) is 5.43 Å². The van der Waals surface area contributed by atoms with Crippen LogP contribution in [0.2, 0.25) is 0 Å². The number of nitrogens with one attached hydrogen (secondary N) is 1. The minimum Gasteiger partial charge on any atom is -0.382 e. The summed E-state index contributed by atoms with van der Waals surface area (Å²) in [5.74, 6) is 4.76. The van der Waals surface area contributed by atoms with Gasteiger partial charge in [-0.3, -0.25) is 10.2 Å². The van der Waals surface area contributed by atoms with Crippen LogP contribution in [0.25, 0.3) is 0 Å². The van der Waals surface area contributed by atoms with Gasteiger partial charge in [0, 0.05) is 12.7 Å². The van der Waals surface area contributed by atoms with Crippen LogP contribution in [-0.2, 0) is 20.8 Å². The zero-order valence-corrected chi connectivity index (χ0v) is 11.1. The lowest BCUT2D eigenvalue weighted by molar-refractivity contribution is 0.0199. The molecule has 1 aromatic rings. The van der Waals surface area contributed by atoms with E-state index in [2.05, 4.69) is 5.43 Å². The SMILES string of the molecule is COCCOCCOCc1cccc(C(=O)NN)c1. The Hall–Kier alpha value is -1.47. The van der Waals surface area contributed by atoms with Crippen LogP contribution in [0.15, 0.2) is 24.3 Å². The van der Waals surface area contributed by atoms with Crippen molar-refractivity contribution >= 4 is 5.91 Å². The maximum atomic E-state index is 11.3. The summed E-state index contributed by atoms with van der Waals surface area (Å²) in [5.41, 5.74) is 3.52. The van der Waals surface area contributed by atoms with E-state index in [0.717, 1.165) is 5.56 Å². The molecule has 0 atom stereocenters. The number of nitrogen functional groups attached to an aromatic ring is 1. The summed E-state index contributed by atoms with van der Waals surface area (Å²) in [6.07, 6.45) is 0. The molecule has 6 heteroatoms.